The number of ether oxygens (including phenoxy) is 2. The standard InChI is InChI=1S/C16H23NO5S/c1-21-14-6-5-13(10-15(14)22-2)23(19,20)17-9-3-4-12(11-17)16(18)7-8-16/h5-6,10,12,18H,3-4,7-9,11H2,1-2H3. The Morgan fingerprint density at radius 3 is 2.52 bits per heavy atom. The Kier molecular flexibility index (Phi) is 4.29. The van der Waals surface area contributed by atoms with E-state index in [9.17, 15) is 13.5 Å². The van der Waals surface area contributed by atoms with Gasteiger partial charge in [-0.3, -0.25) is 0 Å². The number of methoxy groups -OCH3 is 2. The highest BCUT2D eigenvalue weighted by atomic mass is 32.2. The largest absolute Gasteiger partial charge is 0.493 e. The average molecular weight is 341 g/mol. The molecule has 128 valence electrons. The zero-order valence-electron chi connectivity index (χ0n) is 13.5. The number of hydrogen-bond donors (Lipinski definition) is 1. The summed E-state index contributed by atoms with van der Waals surface area (Å²) in [6.45, 7) is 0.871. The number of hydrogen-bond acceptors (Lipinski definition) is 5. The summed E-state index contributed by atoms with van der Waals surface area (Å²) in [6.07, 6.45) is 3.22. The van der Waals surface area contributed by atoms with Crippen molar-refractivity contribution in [1.29, 1.82) is 0 Å². The third kappa shape index (κ3) is 3.05. The molecule has 6 nitrogen and oxygen atoms in total. The van der Waals surface area contributed by atoms with Gasteiger partial charge in [0.2, 0.25) is 10.0 Å². The molecule has 1 heterocycles. The lowest BCUT2D eigenvalue weighted by Gasteiger charge is -2.34. The van der Waals surface area contributed by atoms with Crippen LogP contribution in [0.4, 0.5) is 0 Å². The second-order valence-electron chi connectivity index (χ2n) is 6.32. The molecule has 0 spiro atoms. The number of benzene rings is 1. The number of piperidine rings is 1. The van der Waals surface area contributed by atoms with Crippen molar-refractivity contribution in [3.05, 3.63) is 18.2 Å². The Balaban J connectivity index is 1.86. The molecule has 1 unspecified atom stereocenters. The van der Waals surface area contributed by atoms with Crippen LogP contribution in [0.1, 0.15) is 25.7 Å². The van der Waals surface area contributed by atoms with E-state index < -0.39 is 15.6 Å². The predicted octanol–water partition coefficient (Wildman–Crippen LogP) is 1.63. The Hall–Kier alpha value is -1.31. The summed E-state index contributed by atoms with van der Waals surface area (Å²) in [7, 11) is -0.607. The van der Waals surface area contributed by atoms with Gasteiger partial charge >= 0.3 is 0 Å². The van der Waals surface area contributed by atoms with Crippen molar-refractivity contribution >= 4 is 10.0 Å². The van der Waals surface area contributed by atoms with E-state index in [1.807, 2.05) is 0 Å². The van der Waals surface area contributed by atoms with Crippen molar-refractivity contribution in [1.82, 2.24) is 4.31 Å². The number of nitrogens with zero attached hydrogens (tertiary/aromatic N) is 1. The Bertz CT molecular complexity index is 684. The molecule has 0 radical (unpaired) electrons. The van der Waals surface area contributed by atoms with Crippen LogP contribution in [-0.2, 0) is 10.0 Å². The van der Waals surface area contributed by atoms with E-state index in [-0.39, 0.29) is 10.8 Å². The summed E-state index contributed by atoms with van der Waals surface area (Å²) in [5, 5.41) is 10.3. The molecule has 1 aliphatic heterocycles. The fraction of sp³-hybridized carbons (Fsp3) is 0.625. The lowest BCUT2D eigenvalue weighted by molar-refractivity contribution is 0.0514. The predicted molar refractivity (Wildman–Crippen MR) is 85.2 cm³/mol. The lowest BCUT2D eigenvalue weighted by Crippen LogP contribution is -2.44. The zero-order valence-corrected chi connectivity index (χ0v) is 14.3. The van der Waals surface area contributed by atoms with E-state index in [4.69, 9.17) is 9.47 Å². The van der Waals surface area contributed by atoms with Crippen LogP contribution in [-0.4, -0.2) is 50.7 Å². The molecule has 0 amide bonds. The van der Waals surface area contributed by atoms with Crippen LogP contribution in [0.25, 0.3) is 0 Å². The van der Waals surface area contributed by atoms with Gasteiger partial charge in [-0.25, -0.2) is 8.42 Å². The molecule has 1 aromatic carbocycles. The Morgan fingerprint density at radius 2 is 1.91 bits per heavy atom. The molecule has 0 aromatic heterocycles. The van der Waals surface area contributed by atoms with Crippen molar-refractivity contribution in [2.24, 2.45) is 5.92 Å². The number of sulfonamides is 1. The molecular formula is C16H23NO5S. The van der Waals surface area contributed by atoms with Gasteiger partial charge < -0.3 is 14.6 Å². The normalized spacial score (nSPS) is 24.2. The Morgan fingerprint density at radius 1 is 1.22 bits per heavy atom. The molecule has 3 rings (SSSR count). The van der Waals surface area contributed by atoms with Crippen LogP contribution in [0, 0.1) is 5.92 Å². The smallest absolute Gasteiger partial charge is 0.243 e. The van der Waals surface area contributed by atoms with Crippen LogP contribution in [0.2, 0.25) is 0 Å². The van der Waals surface area contributed by atoms with Crippen LogP contribution >= 0.6 is 0 Å². The average Bonchev–Trinajstić information content (AvgIpc) is 3.33. The minimum Gasteiger partial charge on any atom is -0.493 e. The summed E-state index contributed by atoms with van der Waals surface area (Å²) in [5.41, 5.74) is -0.647. The maximum atomic E-state index is 12.9. The van der Waals surface area contributed by atoms with E-state index in [1.165, 1.54) is 30.7 Å². The Labute approximate surface area is 137 Å². The summed E-state index contributed by atoms with van der Waals surface area (Å²) in [6, 6.07) is 4.62. The van der Waals surface area contributed by atoms with Gasteiger partial charge in [-0.1, -0.05) is 0 Å². The highest BCUT2D eigenvalue weighted by molar-refractivity contribution is 7.89. The van der Waals surface area contributed by atoms with Gasteiger partial charge in [-0.2, -0.15) is 4.31 Å². The quantitative estimate of drug-likeness (QED) is 0.881. The maximum absolute atomic E-state index is 12.9. The van der Waals surface area contributed by atoms with Crippen LogP contribution in [0.15, 0.2) is 23.1 Å². The summed E-state index contributed by atoms with van der Waals surface area (Å²) in [4.78, 5) is 0.193. The van der Waals surface area contributed by atoms with Gasteiger partial charge in [0.05, 0.1) is 24.7 Å². The summed E-state index contributed by atoms with van der Waals surface area (Å²) >= 11 is 0. The van der Waals surface area contributed by atoms with Gasteiger partial charge in [-0.05, 0) is 37.8 Å². The van der Waals surface area contributed by atoms with Crippen molar-refractivity contribution in [2.45, 2.75) is 36.2 Å². The molecule has 2 fully saturated rings. The maximum Gasteiger partial charge on any atom is 0.243 e. The fourth-order valence-corrected chi connectivity index (χ4v) is 4.80. The van der Waals surface area contributed by atoms with Crippen molar-refractivity contribution in [3.63, 3.8) is 0 Å². The minimum atomic E-state index is -3.60. The van der Waals surface area contributed by atoms with Crippen molar-refractivity contribution < 1.29 is 23.0 Å². The van der Waals surface area contributed by atoms with E-state index in [1.54, 1.807) is 6.07 Å². The fourth-order valence-electron chi connectivity index (χ4n) is 3.26. The van der Waals surface area contributed by atoms with E-state index in [0.717, 1.165) is 25.7 Å². The molecule has 1 aliphatic carbocycles. The molecule has 1 saturated heterocycles. The first-order valence-corrected chi connectivity index (χ1v) is 9.29. The highest BCUT2D eigenvalue weighted by Crippen LogP contribution is 2.46. The van der Waals surface area contributed by atoms with Crippen LogP contribution in [0.3, 0.4) is 0 Å². The molecule has 23 heavy (non-hydrogen) atoms. The summed E-state index contributed by atoms with van der Waals surface area (Å²) < 4.78 is 37.6. The first-order valence-electron chi connectivity index (χ1n) is 7.85. The summed E-state index contributed by atoms with van der Waals surface area (Å²) in [5.74, 6) is 0.921. The van der Waals surface area contributed by atoms with Gasteiger partial charge in [0.1, 0.15) is 0 Å². The molecule has 1 N–H and O–H groups in total. The van der Waals surface area contributed by atoms with Gasteiger partial charge in [0, 0.05) is 25.1 Å². The monoisotopic (exact) mass is 341 g/mol. The molecule has 1 saturated carbocycles. The highest BCUT2D eigenvalue weighted by Gasteiger charge is 2.49. The second-order valence-corrected chi connectivity index (χ2v) is 8.26. The third-order valence-corrected chi connectivity index (χ3v) is 6.76. The van der Waals surface area contributed by atoms with Gasteiger partial charge in [0.15, 0.2) is 11.5 Å². The molecule has 1 aromatic rings. The molecular weight excluding hydrogens is 318 g/mol. The zero-order chi connectivity index (χ0) is 16.7. The topological polar surface area (TPSA) is 76.1 Å². The first-order chi connectivity index (χ1) is 10.9. The van der Waals surface area contributed by atoms with Gasteiger partial charge in [0.25, 0.3) is 0 Å². The van der Waals surface area contributed by atoms with E-state index >= 15 is 0 Å². The van der Waals surface area contributed by atoms with Crippen molar-refractivity contribution in [3.8, 4) is 11.5 Å². The lowest BCUT2D eigenvalue weighted by atomic mass is 9.92. The molecule has 0 bridgehead atoms. The SMILES string of the molecule is COc1ccc(S(=O)(=O)N2CCCC(C3(O)CC3)C2)cc1OC. The number of rotatable bonds is 5. The third-order valence-electron chi connectivity index (χ3n) is 4.90. The molecule has 1 atom stereocenters. The van der Waals surface area contributed by atoms with Crippen LogP contribution < -0.4 is 9.47 Å². The molecule has 2 aliphatic rings. The number of aliphatic hydroxyl groups is 1. The van der Waals surface area contributed by atoms with E-state index in [0.29, 0.717) is 24.6 Å². The van der Waals surface area contributed by atoms with Crippen LogP contribution in [0.5, 0.6) is 11.5 Å². The molecule has 7 heteroatoms. The van der Waals surface area contributed by atoms with Gasteiger partial charge in [-0.15, -0.1) is 0 Å². The van der Waals surface area contributed by atoms with E-state index in [2.05, 4.69) is 0 Å². The van der Waals surface area contributed by atoms with Crippen molar-refractivity contribution in [2.75, 3.05) is 27.3 Å². The first kappa shape index (κ1) is 16.5. The second kappa shape index (κ2) is 5.96. The minimum absolute atomic E-state index is 0.0335.